The molecule has 1 saturated carbocycles. The first-order valence-corrected chi connectivity index (χ1v) is 7.76. The van der Waals surface area contributed by atoms with Crippen molar-refractivity contribution in [1.29, 1.82) is 0 Å². The van der Waals surface area contributed by atoms with Crippen LogP contribution < -0.4 is 0 Å². The minimum absolute atomic E-state index is 0.0214. The lowest BCUT2D eigenvalue weighted by Crippen LogP contribution is -2.50. The second-order valence-electron chi connectivity index (χ2n) is 5.64. The van der Waals surface area contributed by atoms with Crippen molar-refractivity contribution in [3.63, 3.8) is 0 Å². The van der Waals surface area contributed by atoms with Crippen LogP contribution in [0.25, 0.3) is 0 Å². The molecule has 1 aliphatic carbocycles. The fourth-order valence-corrected chi connectivity index (χ4v) is 3.09. The highest BCUT2D eigenvalue weighted by molar-refractivity contribution is 6.18. The van der Waals surface area contributed by atoms with Gasteiger partial charge in [0.05, 0.1) is 24.2 Å². The number of morpholine rings is 1. The van der Waals surface area contributed by atoms with E-state index in [4.69, 9.17) is 21.1 Å². The smallest absolute Gasteiger partial charge is 0.223 e. The number of halogens is 1. The Balaban J connectivity index is 1.74. The zero-order chi connectivity index (χ0) is 13.8. The summed E-state index contributed by atoms with van der Waals surface area (Å²) in [6, 6.07) is 0. The Bertz CT molecular complexity index is 307. The van der Waals surface area contributed by atoms with Gasteiger partial charge in [-0.15, -0.1) is 11.6 Å². The predicted octanol–water partition coefficient (Wildman–Crippen LogP) is 2.05. The van der Waals surface area contributed by atoms with Gasteiger partial charge in [0.2, 0.25) is 5.91 Å². The minimum Gasteiger partial charge on any atom is -0.378 e. The van der Waals surface area contributed by atoms with Crippen LogP contribution in [0.5, 0.6) is 0 Å². The largest absolute Gasteiger partial charge is 0.378 e. The van der Waals surface area contributed by atoms with Crippen molar-refractivity contribution >= 4 is 17.5 Å². The molecule has 2 atom stereocenters. The van der Waals surface area contributed by atoms with E-state index in [0.29, 0.717) is 37.4 Å². The van der Waals surface area contributed by atoms with E-state index >= 15 is 0 Å². The van der Waals surface area contributed by atoms with Gasteiger partial charge in [-0.1, -0.05) is 0 Å². The summed E-state index contributed by atoms with van der Waals surface area (Å²) in [6.45, 7) is 6.10. The average molecular weight is 290 g/mol. The summed E-state index contributed by atoms with van der Waals surface area (Å²) in [5, 5.41) is 0. The standard InChI is InChI=1S/C14H24ClNO3/c1-3-18-12-4-11(5-12)6-14(17)16-8-10(2)19-13(7-15)9-16/h10-13H,3-9H2,1-2H3. The number of rotatable bonds is 5. The monoisotopic (exact) mass is 289 g/mol. The van der Waals surface area contributed by atoms with Gasteiger partial charge in [-0.2, -0.15) is 0 Å². The summed E-state index contributed by atoms with van der Waals surface area (Å²) in [5.41, 5.74) is 0. The van der Waals surface area contributed by atoms with Crippen LogP contribution in [-0.2, 0) is 14.3 Å². The number of hydrogen-bond donors (Lipinski definition) is 0. The summed E-state index contributed by atoms with van der Waals surface area (Å²) in [4.78, 5) is 14.2. The second-order valence-corrected chi connectivity index (χ2v) is 5.95. The van der Waals surface area contributed by atoms with Gasteiger partial charge in [-0.05, 0) is 32.6 Å². The van der Waals surface area contributed by atoms with Crippen molar-refractivity contribution in [3.05, 3.63) is 0 Å². The highest BCUT2D eigenvalue weighted by Crippen LogP contribution is 2.33. The number of amides is 1. The Hall–Kier alpha value is -0.320. The summed E-state index contributed by atoms with van der Waals surface area (Å²) < 4.78 is 11.2. The first-order chi connectivity index (χ1) is 9.12. The molecule has 0 aromatic carbocycles. The highest BCUT2D eigenvalue weighted by atomic mass is 35.5. The van der Waals surface area contributed by atoms with Crippen LogP contribution in [0.2, 0.25) is 0 Å². The molecular formula is C14H24ClNO3. The molecule has 0 aromatic heterocycles. The van der Waals surface area contributed by atoms with Crippen LogP contribution in [0.15, 0.2) is 0 Å². The molecule has 4 nitrogen and oxygen atoms in total. The van der Waals surface area contributed by atoms with Gasteiger partial charge in [0.15, 0.2) is 0 Å². The number of ether oxygens (including phenoxy) is 2. The quantitative estimate of drug-likeness (QED) is 0.727. The molecule has 1 aliphatic heterocycles. The fraction of sp³-hybridized carbons (Fsp3) is 0.929. The van der Waals surface area contributed by atoms with Crippen molar-refractivity contribution in [3.8, 4) is 0 Å². The normalized spacial score (nSPS) is 35.0. The maximum atomic E-state index is 12.3. The third kappa shape index (κ3) is 4.07. The lowest BCUT2D eigenvalue weighted by molar-refractivity contribution is -0.146. The number of carbonyl (C=O) groups is 1. The highest BCUT2D eigenvalue weighted by Gasteiger charge is 2.34. The van der Waals surface area contributed by atoms with E-state index in [1.807, 2.05) is 18.7 Å². The summed E-state index contributed by atoms with van der Waals surface area (Å²) in [6.07, 6.45) is 3.13. The molecule has 2 fully saturated rings. The van der Waals surface area contributed by atoms with Crippen LogP contribution >= 0.6 is 11.6 Å². The molecule has 0 aromatic rings. The number of carbonyl (C=O) groups excluding carboxylic acids is 1. The van der Waals surface area contributed by atoms with Crippen LogP contribution in [0.4, 0.5) is 0 Å². The van der Waals surface area contributed by atoms with Crippen molar-refractivity contribution in [2.75, 3.05) is 25.6 Å². The van der Waals surface area contributed by atoms with E-state index in [0.717, 1.165) is 19.4 Å². The molecule has 1 amide bonds. The van der Waals surface area contributed by atoms with Gasteiger partial charge in [0.25, 0.3) is 0 Å². The van der Waals surface area contributed by atoms with Gasteiger partial charge in [-0.25, -0.2) is 0 Å². The summed E-state index contributed by atoms with van der Waals surface area (Å²) in [5.74, 6) is 1.19. The molecule has 0 N–H and O–H groups in total. The summed E-state index contributed by atoms with van der Waals surface area (Å²) >= 11 is 5.83. The molecular weight excluding hydrogens is 266 g/mol. The fourth-order valence-electron chi connectivity index (χ4n) is 2.92. The zero-order valence-electron chi connectivity index (χ0n) is 11.8. The van der Waals surface area contributed by atoms with Gasteiger partial charge in [0, 0.05) is 26.1 Å². The molecule has 2 unspecified atom stereocenters. The lowest BCUT2D eigenvalue weighted by Gasteiger charge is -2.39. The van der Waals surface area contributed by atoms with Gasteiger partial charge in [0.1, 0.15) is 0 Å². The average Bonchev–Trinajstić information content (AvgIpc) is 2.35. The maximum Gasteiger partial charge on any atom is 0.223 e. The first kappa shape index (κ1) is 15.1. The summed E-state index contributed by atoms with van der Waals surface area (Å²) in [7, 11) is 0. The molecule has 2 aliphatic rings. The van der Waals surface area contributed by atoms with E-state index in [-0.39, 0.29) is 18.1 Å². The van der Waals surface area contributed by atoms with E-state index in [9.17, 15) is 4.79 Å². The third-order valence-electron chi connectivity index (χ3n) is 3.91. The molecule has 1 heterocycles. The molecule has 0 radical (unpaired) electrons. The van der Waals surface area contributed by atoms with E-state index in [2.05, 4.69) is 0 Å². The van der Waals surface area contributed by atoms with Crippen LogP contribution in [0.3, 0.4) is 0 Å². The van der Waals surface area contributed by atoms with E-state index in [1.54, 1.807) is 0 Å². The van der Waals surface area contributed by atoms with E-state index < -0.39 is 0 Å². The maximum absolute atomic E-state index is 12.3. The first-order valence-electron chi connectivity index (χ1n) is 7.23. The molecule has 0 spiro atoms. The molecule has 5 heteroatoms. The lowest BCUT2D eigenvalue weighted by atomic mass is 9.79. The SMILES string of the molecule is CCOC1CC(CC(=O)N2CC(C)OC(CCl)C2)C1. The van der Waals surface area contributed by atoms with E-state index in [1.165, 1.54) is 0 Å². The molecule has 1 saturated heterocycles. The molecule has 2 rings (SSSR count). The second kappa shape index (κ2) is 6.91. The Morgan fingerprint density at radius 2 is 2.16 bits per heavy atom. The molecule has 110 valence electrons. The van der Waals surface area contributed by atoms with Crippen molar-refractivity contribution < 1.29 is 14.3 Å². The van der Waals surface area contributed by atoms with Crippen molar-refractivity contribution in [1.82, 2.24) is 4.90 Å². The van der Waals surface area contributed by atoms with Crippen molar-refractivity contribution in [2.45, 2.75) is 51.4 Å². The topological polar surface area (TPSA) is 38.8 Å². The molecule has 0 bridgehead atoms. The van der Waals surface area contributed by atoms with Gasteiger partial charge in [-0.3, -0.25) is 4.79 Å². The van der Waals surface area contributed by atoms with Gasteiger partial charge < -0.3 is 14.4 Å². The van der Waals surface area contributed by atoms with Crippen LogP contribution in [0.1, 0.15) is 33.1 Å². The Kier molecular flexibility index (Phi) is 5.48. The van der Waals surface area contributed by atoms with Gasteiger partial charge >= 0.3 is 0 Å². The minimum atomic E-state index is -0.0214. The Morgan fingerprint density at radius 3 is 2.79 bits per heavy atom. The third-order valence-corrected chi connectivity index (χ3v) is 4.25. The Morgan fingerprint density at radius 1 is 1.42 bits per heavy atom. The Labute approximate surface area is 120 Å². The number of nitrogens with zero attached hydrogens (tertiary/aromatic N) is 1. The number of hydrogen-bond acceptors (Lipinski definition) is 3. The zero-order valence-corrected chi connectivity index (χ0v) is 12.6. The number of alkyl halides is 1. The molecule has 19 heavy (non-hydrogen) atoms. The van der Waals surface area contributed by atoms with Crippen LogP contribution in [0, 0.1) is 5.92 Å². The van der Waals surface area contributed by atoms with Crippen LogP contribution in [-0.4, -0.2) is 54.7 Å². The predicted molar refractivity (Wildman–Crippen MR) is 74.4 cm³/mol. The van der Waals surface area contributed by atoms with Crippen molar-refractivity contribution in [2.24, 2.45) is 5.92 Å².